The van der Waals surface area contributed by atoms with Crippen LogP contribution >= 0.6 is 0 Å². The summed E-state index contributed by atoms with van der Waals surface area (Å²) >= 11 is 0. The minimum atomic E-state index is -1.25. The lowest BCUT2D eigenvalue weighted by molar-refractivity contribution is 0.0682. The Hall–Kier alpha value is -3.02. The molecule has 0 saturated carbocycles. The third-order valence-electron chi connectivity index (χ3n) is 2.79. The second kappa shape index (κ2) is 4.93. The molecule has 0 amide bonds. The SMILES string of the molecule is O=C(O)c1ccc(-c2ccc(C(=O)O)c(O)c2)cc1O. The molecule has 0 unspecified atom stereocenters. The number of hydrogen-bond donors (Lipinski definition) is 4. The molecule has 2 aromatic carbocycles. The van der Waals surface area contributed by atoms with Crippen molar-refractivity contribution in [3.05, 3.63) is 47.5 Å². The van der Waals surface area contributed by atoms with Crippen molar-refractivity contribution in [2.45, 2.75) is 0 Å². The molecule has 0 radical (unpaired) electrons. The fraction of sp³-hybridized carbons (Fsp3) is 0. The molecule has 2 aromatic rings. The van der Waals surface area contributed by atoms with Gasteiger partial charge in [0.15, 0.2) is 0 Å². The number of carboxylic acid groups (broad SMARTS) is 2. The van der Waals surface area contributed by atoms with Gasteiger partial charge in [0.25, 0.3) is 0 Å². The Morgan fingerprint density at radius 3 is 1.30 bits per heavy atom. The molecule has 0 aliphatic carbocycles. The molecule has 0 aromatic heterocycles. The smallest absolute Gasteiger partial charge is 0.339 e. The summed E-state index contributed by atoms with van der Waals surface area (Å²) in [5, 5.41) is 36.8. The maximum Gasteiger partial charge on any atom is 0.339 e. The number of phenols is 2. The van der Waals surface area contributed by atoms with Crippen molar-refractivity contribution in [1.29, 1.82) is 0 Å². The monoisotopic (exact) mass is 274 g/mol. The highest BCUT2D eigenvalue weighted by molar-refractivity contribution is 5.93. The molecule has 0 heterocycles. The number of rotatable bonds is 3. The average molecular weight is 274 g/mol. The molecular formula is C14H10O6. The Morgan fingerprint density at radius 2 is 1.05 bits per heavy atom. The van der Waals surface area contributed by atoms with Crippen molar-refractivity contribution in [3.63, 3.8) is 0 Å². The first-order chi connectivity index (χ1) is 9.40. The highest BCUT2D eigenvalue weighted by atomic mass is 16.4. The van der Waals surface area contributed by atoms with E-state index in [0.717, 1.165) is 0 Å². The van der Waals surface area contributed by atoms with Gasteiger partial charge in [-0.1, -0.05) is 12.1 Å². The van der Waals surface area contributed by atoms with Crippen LogP contribution in [0.1, 0.15) is 20.7 Å². The van der Waals surface area contributed by atoms with Gasteiger partial charge in [0.1, 0.15) is 22.6 Å². The number of benzene rings is 2. The second-order valence-corrected chi connectivity index (χ2v) is 4.07. The van der Waals surface area contributed by atoms with E-state index in [1.807, 2.05) is 0 Å². The lowest BCUT2D eigenvalue weighted by Crippen LogP contribution is -1.97. The normalized spacial score (nSPS) is 10.2. The third-order valence-corrected chi connectivity index (χ3v) is 2.79. The highest BCUT2D eigenvalue weighted by Gasteiger charge is 2.13. The van der Waals surface area contributed by atoms with Gasteiger partial charge in [-0.2, -0.15) is 0 Å². The van der Waals surface area contributed by atoms with Crippen LogP contribution in [0.4, 0.5) is 0 Å². The van der Waals surface area contributed by atoms with Crippen LogP contribution in [-0.2, 0) is 0 Å². The minimum absolute atomic E-state index is 0.236. The summed E-state index contributed by atoms with van der Waals surface area (Å²) < 4.78 is 0. The lowest BCUT2D eigenvalue weighted by Gasteiger charge is -2.07. The van der Waals surface area contributed by atoms with E-state index in [4.69, 9.17) is 10.2 Å². The number of carboxylic acids is 2. The van der Waals surface area contributed by atoms with Crippen LogP contribution in [0.2, 0.25) is 0 Å². The van der Waals surface area contributed by atoms with Crippen molar-refractivity contribution in [3.8, 4) is 22.6 Å². The fourth-order valence-corrected chi connectivity index (χ4v) is 1.78. The first kappa shape index (κ1) is 13.4. The zero-order valence-corrected chi connectivity index (χ0v) is 10.1. The third kappa shape index (κ3) is 2.39. The van der Waals surface area contributed by atoms with Crippen LogP contribution in [0, 0.1) is 0 Å². The Labute approximate surface area is 113 Å². The van der Waals surface area contributed by atoms with Crippen molar-refractivity contribution < 1.29 is 30.0 Å². The van der Waals surface area contributed by atoms with E-state index < -0.39 is 23.4 Å². The number of aromatic hydroxyl groups is 2. The van der Waals surface area contributed by atoms with Crippen LogP contribution in [0.5, 0.6) is 11.5 Å². The number of carbonyl (C=O) groups is 2. The van der Waals surface area contributed by atoms with Crippen LogP contribution in [0.25, 0.3) is 11.1 Å². The summed E-state index contributed by atoms with van der Waals surface area (Å²) in [7, 11) is 0. The molecule has 0 aliphatic heterocycles. The standard InChI is InChI=1S/C14H10O6/c15-11-5-7(1-3-9(11)13(17)18)8-2-4-10(14(19)20)12(16)6-8/h1-6,15-16H,(H,17,18)(H,19,20). The first-order valence-corrected chi connectivity index (χ1v) is 5.53. The molecule has 0 atom stereocenters. The summed E-state index contributed by atoms with van der Waals surface area (Å²) in [6, 6.07) is 7.85. The van der Waals surface area contributed by atoms with E-state index >= 15 is 0 Å². The van der Waals surface area contributed by atoms with Gasteiger partial charge in [0, 0.05) is 0 Å². The predicted octanol–water partition coefficient (Wildman–Crippen LogP) is 2.16. The maximum atomic E-state index is 10.8. The molecule has 0 aliphatic rings. The van der Waals surface area contributed by atoms with Crippen LogP contribution in [0.3, 0.4) is 0 Å². The van der Waals surface area contributed by atoms with Gasteiger partial charge in [-0.05, 0) is 35.4 Å². The van der Waals surface area contributed by atoms with Crippen molar-refractivity contribution in [2.24, 2.45) is 0 Å². The molecule has 102 valence electrons. The van der Waals surface area contributed by atoms with Crippen LogP contribution in [-0.4, -0.2) is 32.4 Å². The van der Waals surface area contributed by atoms with Gasteiger partial charge in [0.05, 0.1) is 0 Å². The molecule has 2 rings (SSSR count). The van der Waals surface area contributed by atoms with Crippen LogP contribution < -0.4 is 0 Å². The molecule has 6 heteroatoms. The Kier molecular flexibility index (Phi) is 3.30. The Balaban J connectivity index is 2.47. The molecule has 0 saturated heterocycles. The van der Waals surface area contributed by atoms with E-state index in [2.05, 4.69) is 0 Å². The van der Waals surface area contributed by atoms with Crippen molar-refractivity contribution in [2.75, 3.05) is 0 Å². The van der Waals surface area contributed by atoms with Gasteiger partial charge in [-0.3, -0.25) is 0 Å². The van der Waals surface area contributed by atoms with E-state index in [9.17, 15) is 19.8 Å². The minimum Gasteiger partial charge on any atom is -0.507 e. The summed E-state index contributed by atoms with van der Waals surface area (Å²) in [6.45, 7) is 0. The van der Waals surface area contributed by atoms with Crippen LogP contribution in [0.15, 0.2) is 36.4 Å². The molecular weight excluding hydrogens is 264 g/mol. The number of aromatic carboxylic acids is 2. The highest BCUT2D eigenvalue weighted by Crippen LogP contribution is 2.30. The van der Waals surface area contributed by atoms with Gasteiger partial charge < -0.3 is 20.4 Å². The summed E-state index contributed by atoms with van der Waals surface area (Å²) in [5.74, 6) is -3.31. The largest absolute Gasteiger partial charge is 0.507 e. The molecule has 0 fully saturated rings. The topological polar surface area (TPSA) is 115 Å². The Bertz CT molecular complexity index is 643. The summed E-state index contributed by atoms with van der Waals surface area (Å²) in [6.07, 6.45) is 0. The first-order valence-electron chi connectivity index (χ1n) is 5.53. The molecule has 6 nitrogen and oxygen atoms in total. The average Bonchev–Trinajstić information content (AvgIpc) is 2.37. The molecule has 20 heavy (non-hydrogen) atoms. The quantitative estimate of drug-likeness (QED) is 0.681. The van der Waals surface area contributed by atoms with E-state index in [-0.39, 0.29) is 11.1 Å². The summed E-state index contributed by atoms with van der Waals surface area (Å²) in [4.78, 5) is 21.6. The zero-order chi connectivity index (χ0) is 14.9. The maximum absolute atomic E-state index is 10.8. The van der Waals surface area contributed by atoms with Crippen molar-refractivity contribution in [1.82, 2.24) is 0 Å². The predicted molar refractivity (Wildman–Crippen MR) is 69.1 cm³/mol. The van der Waals surface area contributed by atoms with Gasteiger partial charge in [-0.25, -0.2) is 9.59 Å². The van der Waals surface area contributed by atoms with Gasteiger partial charge >= 0.3 is 11.9 Å². The molecule has 0 bridgehead atoms. The summed E-state index contributed by atoms with van der Waals surface area (Å²) in [5.41, 5.74) is 0.444. The molecule has 0 spiro atoms. The zero-order valence-electron chi connectivity index (χ0n) is 10.1. The number of hydrogen-bond acceptors (Lipinski definition) is 4. The van der Waals surface area contributed by atoms with Gasteiger partial charge in [-0.15, -0.1) is 0 Å². The van der Waals surface area contributed by atoms with E-state index in [1.165, 1.54) is 36.4 Å². The molecule has 4 N–H and O–H groups in total. The second-order valence-electron chi connectivity index (χ2n) is 4.07. The van der Waals surface area contributed by atoms with E-state index in [0.29, 0.717) is 11.1 Å². The van der Waals surface area contributed by atoms with E-state index in [1.54, 1.807) is 0 Å². The fourth-order valence-electron chi connectivity index (χ4n) is 1.78. The van der Waals surface area contributed by atoms with Crippen molar-refractivity contribution >= 4 is 11.9 Å². The van der Waals surface area contributed by atoms with Gasteiger partial charge in [0.2, 0.25) is 0 Å². The Morgan fingerprint density at radius 1 is 0.700 bits per heavy atom. The lowest BCUT2D eigenvalue weighted by atomic mass is 10.0.